The summed E-state index contributed by atoms with van der Waals surface area (Å²) in [5.74, 6) is -0.555. The van der Waals surface area contributed by atoms with Gasteiger partial charge in [-0.15, -0.1) is 0 Å². The molecular weight excluding hydrogens is 287 g/mol. The molecule has 1 saturated carbocycles. The van der Waals surface area contributed by atoms with Crippen LogP contribution in [0.4, 0.5) is 0 Å². The summed E-state index contributed by atoms with van der Waals surface area (Å²) in [7, 11) is 0. The van der Waals surface area contributed by atoms with E-state index in [1.165, 1.54) is 0 Å². The molecule has 1 heterocycles. The van der Waals surface area contributed by atoms with Gasteiger partial charge in [0.05, 0.1) is 6.61 Å². The van der Waals surface area contributed by atoms with E-state index in [0.29, 0.717) is 15.6 Å². The highest BCUT2D eigenvalue weighted by Crippen LogP contribution is 2.49. The van der Waals surface area contributed by atoms with Crippen molar-refractivity contribution in [1.82, 2.24) is 0 Å². The van der Waals surface area contributed by atoms with Gasteiger partial charge in [-0.25, -0.2) is 0 Å². The van der Waals surface area contributed by atoms with Crippen molar-refractivity contribution in [2.75, 3.05) is 6.61 Å². The zero-order valence-electron chi connectivity index (χ0n) is 10.4. The maximum Gasteiger partial charge on any atom is 0.169 e. The zero-order chi connectivity index (χ0) is 13.5. The predicted octanol–water partition coefficient (Wildman–Crippen LogP) is 3.71. The molecule has 19 heavy (non-hydrogen) atoms. The number of hydrogen-bond acceptors (Lipinski definition) is 3. The molecule has 0 amide bonds. The third kappa shape index (κ3) is 2.39. The third-order valence-corrected chi connectivity index (χ3v) is 4.53. The summed E-state index contributed by atoms with van der Waals surface area (Å²) in [6.07, 6.45) is 3.09. The average molecular weight is 303 g/mol. The molecule has 2 unspecified atom stereocenters. The molecule has 0 radical (unpaired) electrons. The largest absolute Gasteiger partial charge is 0.394 e. The fourth-order valence-electron chi connectivity index (χ4n) is 2.98. The molecule has 2 fully saturated rings. The summed E-state index contributed by atoms with van der Waals surface area (Å²) < 4.78 is 12.1. The highest BCUT2D eigenvalue weighted by molar-refractivity contribution is 6.36. The minimum absolute atomic E-state index is 0.103. The molecule has 2 atom stereocenters. The molecule has 2 aliphatic rings. The Kier molecular flexibility index (Phi) is 3.76. The van der Waals surface area contributed by atoms with Crippen molar-refractivity contribution in [2.45, 2.75) is 43.7 Å². The quantitative estimate of drug-likeness (QED) is 0.905. The first-order valence-corrected chi connectivity index (χ1v) is 7.31. The summed E-state index contributed by atoms with van der Waals surface area (Å²) in [5, 5.41) is 10.6. The van der Waals surface area contributed by atoms with Crippen molar-refractivity contribution in [1.29, 1.82) is 0 Å². The molecule has 5 heteroatoms. The maximum atomic E-state index is 9.53. The van der Waals surface area contributed by atoms with Crippen LogP contribution in [-0.4, -0.2) is 23.6 Å². The Hall–Kier alpha value is -0.320. The summed E-state index contributed by atoms with van der Waals surface area (Å²) in [6, 6.07) is 5.35. The Morgan fingerprint density at radius 3 is 2.37 bits per heavy atom. The van der Waals surface area contributed by atoms with Crippen molar-refractivity contribution in [3.8, 4) is 0 Å². The first-order chi connectivity index (χ1) is 9.15. The van der Waals surface area contributed by atoms with Gasteiger partial charge in [-0.3, -0.25) is 0 Å². The summed E-state index contributed by atoms with van der Waals surface area (Å²) in [5.41, 5.74) is 0.716. The lowest BCUT2D eigenvalue weighted by Gasteiger charge is -2.22. The van der Waals surface area contributed by atoms with E-state index in [-0.39, 0.29) is 6.61 Å². The van der Waals surface area contributed by atoms with Crippen LogP contribution in [0.25, 0.3) is 0 Å². The number of benzene rings is 1. The molecule has 0 aromatic heterocycles. The molecule has 1 saturated heterocycles. The Bertz CT molecular complexity index is 452. The molecular formula is C14H16Cl2O3. The number of hydrogen-bond donors (Lipinski definition) is 1. The Morgan fingerprint density at radius 1 is 1.16 bits per heavy atom. The monoisotopic (exact) mass is 302 g/mol. The van der Waals surface area contributed by atoms with Gasteiger partial charge in [0.2, 0.25) is 0 Å². The SMILES string of the molecule is OCC1OC2(CCCC2)OC1c1c(Cl)cccc1Cl. The van der Waals surface area contributed by atoms with Gasteiger partial charge >= 0.3 is 0 Å². The van der Waals surface area contributed by atoms with Gasteiger partial charge in [-0.2, -0.15) is 0 Å². The van der Waals surface area contributed by atoms with Crippen molar-refractivity contribution >= 4 is 23.2 Å². The summed E-state index contributed by atoms with van der Waals surface area (Å²) in [4.78, 5) is 0. The van der Waals surface area contributed by atoms with E-state index >= 15 is 0 Å². The molecule has 1 aliphatic carbocycles. The first kappa shape index (κ1) is 13.7. The number of halogens is 2. The van der Waals surface area contributed by atoms with Gasteiger partial charge in [0.15, 0.2) is 5.79 Å². The second kappa shape index (κ2) is 5.23. The maximum absolute atomic E-state index is 9.53. The fourth-order valence-corrected chi connectivity index (χ4v) is 3.59. The van der Waals surface area contributed by atoms with Crippen molar-refractivity contribution < 1.29 is 14.6 Å². The number of aliphatic hydroxyl groups is 1. The van der Waals surface area contributed by atoms with Gasteiger partial charge in [0, 0.05) is 28.5 Å². The van der Waals surface area contributed by atoms with Crippen LogP contribution in [0.2, 0.25) is 10.0 Å². The topological polar surface area (TPSA) is 38.7 Å². The predicted molar refractivity (Wildman–Crippen MR) is 73.4 cm³/mol. The standard InChI is InChI=1S/C14H16Cl2O3/c15-9-4-3-5-10(16)12(9)13-11(8-17)18-14(19-13)6-1-2-7-14/h3-5,11,13,17H,1-2,6-8H2. The van der Waals surface area contributed by atoms with Crippen molar-refractivity contribution in [3.05, 3.63) is 33.8 Å². The number of rotatable bonds is 2. The summed E-state index contributed by atoms with van der Waals surface area (Å²) >= 11 is 12.5. The summed E-state index contributed by atoms with van der Waals surface area (Å²) in [6.45, 7) is -0.103. The first-order valence-electron chi connectivity index (χ1n) is 6.56. The minimum atomic E-state index is -0.555. The number of ether oxygens (including phenoxy) is 2. The van der Waals surface area contributed by atoms with Gasteiger partial charge in [0.1, 0.15) is 12.2 Å². The highest BCUT2D eigenvalue weighted by Gasteiger charge is 2.50. The fraction of sp³-hybridized carbons (Fsp3) is 0.571. The molecule has 104 valence electrons. The Labute approximate surface area is 122 Å². The van der Waals surface area contributed by atoms with E-state index < -0.39 is 18.0 Å². The van der Waals surface area contributed by atoms with Crippen LogP contribution in [0.5, 0.6) is 0 Å². The van der Waals surface area contributed by atoms with E-state index in [1.54, 1.807) is 18.2 Å². The smallest absolute Gasteiger partial charge is 0.169 e. The Balaban J connectivity index is 1.95. The molecule has 1 aliphatic heterocycles. The van der Waals surface area contributed by atoms with E-state index in [1.807, 2.05) is 0 Å². The second-order valence-electron chi connectivity index (χ2n) is 5.13. The van der Waals surface area contributed by atoms with Crippen molar-refractivity contribution in [3.63, 3.8) is 0 Å². The van der Waals surface area contributed by atoms with Gasteiger partial charge in [-0.05, 0) is 25.0 Å². The van der Waals surface area contributed by atoms with Crippen LogP contribution in [0.1, 0.15) is 37.4 Å². The molecule has 1 N–H and O–H groups in total. The third-order valence-electron chi connectivity index (χ3n) is 3.88. The minimum Gasteiger partial charge on any atom is -0.394 e. The lowest BCUT2D eigenvalue weighted by Crippen LogP contribution is -2.27. The van der Waals surface area contributed by atoms with E-state index in [0.717, 1.165) is 25.7 Å². The second-order valence-corrected chi connectivity index (χ2v) is 5.94. The van der Waals surface area contributed by atoms with Crippen LogP contribution in [0, 0.1) is 0 Å². The number of aliphatic hydroxyl groups excluding tert-OH is 1. The molecule has 1 aromatic carbocycles. The van der Waals surface area contributed by atoms with Crippen LogP contribution in [0.3, 0.4) is 0 Å². The molecule has 1 spiro atoms. The highest BCUT2D eigenvalue weighted by atomic mass is 35.5. The molecule has 0 bridgehead atoms. The lowest BCUT2D eigenvalue weighted by molar-refractivity contribution is -0.172. The van der Waals surface area contributed by atoms with Gasteiger partial charge in [0.25, 0.3) is 0 Å². The molecule has 3 rings (SSSR count). The Morgan fingerprint density at radius 2 is 1.79 bits per heavy atom. The van der Waals surface area contributed by atoms with E-state index in [9.17, 15) is 5.11 Å². The molecule has 3 nitrogen and oxygen atoms in total. The van der Waals surface area contributed by atoms with Gasteiger partial charge in [-0.1, -0.05) is 29.3 Å². The van der Waals surface area contributed by atoms with Crippen LogP contribution >= 0.6 is 23.2 Å². The van der Waals surface area contributed by atoms with Crippen molar-refractivity contribution in [2.24, 2.45) is 0 Å². The molecule has 1 aromatic rings. The lowest BCUT2D eigenvalue weighted by atomic mass is 10.0. The van der Waals surface area contributed by atoms with Crippen LogP contribution in [-0.2, 0) is 9.47 Å². The zero-order valence-corrected chi connectivity index (χ0v) is 12.0. The van der Waals surface area contributed by atoms with Crippen LogP contribution < -0.4 is 0 Å². The van der Waals surface area contributed by atoms with Gasteiger partial charge < -0.3 is 14.6 Å². The van der Waals surface area contributed by atoms with E-state index in [2.05, 4.69) is 0 Å². The normalized spacial score (nSPS) is 29.2. The average Bonchev–Trinajstić information content (AvgIpc) is 2.98. The van der Waals surface area contributed by atoms with E-state index in [4.69, 9.17) is 32.7 Å². The van der Waals surface area contributed by atoms with Crippen LogP contribution in [0.15, 0.2) is 18.2 Å².